The fourth-order valence-electron chi connectivity index (χ4n) is 3.62. The Hall–Kier alpha value is -2.87. The normalized spacial score (nSPS) is 14.9. The Morgan fingerprint density at radius 3 is 2.26 bits per heavy atom. The fraction of sp³-hybridized carbons (Fsp3) is 0.333. The number of rotatable bonds is 11. The van der Waals surface area contributed by atoms with Gasteiger partial charge < -0.3 is 9.84 Å². The van der Waals surface area contributed by atoms with E-state index in [0.717, 1.165) is 6.07 Å². The minimum Gasteiger partial charge on any atom is -0.389 e. The molecule has 2 aromatic heterocycles. The van der Waals surface area contributed by atoms with Gasteiger partial charge in [-0.15, -0.1) is 0 Å². The van der Waals surface area contributed by atoms with E-state index < -0.39 is 54.9 Å². The summed E-state index contributed by atoms with van der Waals surface area (Å²) in [6.07, 6.45) is -13.5. The largest absolute Gasteiger partial charge is 0.416 e. The molecular formula is C24H20ClF8N3O2. The molecule has 1 unspecified atom stereocenters. The molecule has 3 aromatic rings. The molecule has 0 amide bonds. The van der Waals surface area contributed by atoms with Crippen LogP contribution < -0.4 is 5.32 Å². The summed E-state index contributed by atoms with van der Waals surface area (Å²) < 4.78 is 110. The number of alkyl halides is 7. The molecule has 0 radical (unpaired) electrons. The monoisotopic (exact) mass is 569 g/mol. The van der Waals surface area contributed by atoms with E-state index in [9.17, 15) is 40.2 Å². The van der Waals surface area contributed by atoms with Crippen molar-refractivity contribution in [3.8, 4) is 0 Å². The number of benzene rings is 1. The maximum Gasteiger partial charge on any atom is 0.416 e. The lowest BCUT2D eigenvalue weighted by Crippen LogP contribution is -2.50. The zero-order valence-electron chi connectivity index (χ0n) is 19.2. The van der Waals surface area contributed by atoms with Crippen molar-refractivity contribution in [2.45, 2.75) is 36.8 Å². The number of nitrogens with zero attached hydrogens (tertiary/aromatic N) is 2. The molecule has 14 heteroatoms. The van der Waals surface area contributed by atoms with E-state index in [1.165, 1.54) is 30.6 Å². The number of aliphatic hydroxyl groups excluding tert-OH is 1. The smallest absolute Gasteiger partial charge is 0.389 e. The number of hydrogen-bond donors (Lipinski definition) is 2. The van der Waals surface area contributed by atoms with Crippen LogP contribution >= 0.6 is 11.6 Å². The van der Waals surface area contributed by atoms with Crippen molar-refractivity contribution in [3.63, 3.8) is 0 Å². The van der Waals surface area contributed by atoms with Crippen molar-refractivity contribution >= 4 is 11.6 Å². The van der Waals surface area contributed by atoms with Gasteiger partial charge in [-0.1, -0.05) is 17.7 Å². The van der Waals surface area contributed by atoms with Crippen LogP contribution in [0.25, 0.3) is 0 Å². The second-order valence-electron chi connectivity index (χ2n) is 8.20. The fourth-order valence-corrected chi connectivity index (χ4v) is 3.73. The third kappa shape index (κ3) is 7.37. The van der Waals surface area contributed by atoms with Crippen LogP contribution in [0.3, 0.4) is 0 Å². The number of ether oxygens (including phenoxy) is 1. The Bertz CT molecular complexity index is 1200. The van der Waals surface area contributed by atoms with Gasteiger partial charge in [-0.2, -0.15) is 22.0 Å². The highest BCUT2D eigenvalue weighted by molar-refractivity contribution is 6.30. The zero-order chi connectivity index (χ0) is 28.1. The van der Waals surface area contributed by atoms with Crippen LogP contribution in [0.5, 0.6) is 0 Å². The first kappa shape index (κ1) is 29.7. The molecule has 1 aromatic carbocycles. The highest BCUT2D eigenvalue weighted by Crippen LogP contribution is 2.37. The van der Waals surface area contributed by atoms with Gasteiger partial charge in [-0.25, -0.2) is 13.2 Å². The first-order valence-electron chi connectivity index (χ1n) is 10.9. The number of aromatic nitrogens is 2. The summed E-state index contributed by atoms with van der Waals surface area (Å²) in [5.41, 5.74) is -3.15. The average Bonchev–Trinajstić information content (AvgIpc) is 2.85. The van der Waals surface area contributed by atoms with E-state index in [-0.39, 0.29) is 22.7 Å². The number of pyridine rings is 2. The first-order chi connectivity index (χ1) is 17.7. The number of nitrogens with one attached hydrogen (secondary N) is 1. The molecule has 0 saturated heterocycles. The van der Waals surface area contributed by atoms with Crippen LogP contribution in [0.1, 0.15) is 22.5 Å². The molecule has 0 bridgehead atoms. The highest BCUT2D eigenvalue weighted by atomic mass is 35.5. The van der Waals surface area contributed by atoms with E-state index in [0.29, 0.717) is 17.8 Å². The van der Waals surface area contributed by atoms with Crippen LogP contribution in [0.4, 0.5) is 35.1 Å². The molecule has 0 aliphatic heterocycles. The molecule has 0 spiro atoms. The summed E-state index contributed by atoms with van der Waals surface area (Å²) in [5, 5.41) is 13.2. The quantitative estimate of drug-likeness (QED) is 0.294. The summed E-state index contributed by atoms with van der Waals surface area (Å²) >= 11 is 5.92. The van der Waals surface area contributed by atoms with Crippen molar-refractivity contribution < 1.29 is 45.0 Å². The summed E-state index contributed by atoms with van der Waals surface area (Å²) in [7, 11) is 0. The molecule has 206 valence electrons. The second kappa shape index (κ2) is 11.9. The predicted octanol–water partition coefficient (Wildman–Crippen LogP) is 5.60. The maximum absolute atomic E-state index is 14.5. The minimum absolute atomic E-state index is 0.0114. The molecule has 3 rings (SSSR count). The van der Waals surface area contributed by atoms with Gasteiger partial charge in [-0.05, 0) is 48.0 Å². The summed E-state index contributed by atoms with van der Waals surface area (Å²) in [4.78, 5) is 8.33. The van der Waals surface area contributed by atoms with Gasteiger partial charge in [0.1, 0.15) is 5.82 Å². The SMILES string of the molecule is OC(CN[C@@](Cc1ccccn1)(c1cc(F)cc(C(F)(F)F)c1)c1ccc(Cl)cn1)COC(F)(F)C(F)F. The van der Waals surface area contributed by atoms with Gasteiger partial charge in [0.15, 0.2) is 0 Å². The summed E-state index contributed by atoms with van der Waals surface area (Å²) in [5.74, 6) is -1.24. The van der Waals surface area contributed by atoms with Crippen molar-refractivity contribution in [3.05, 3.63) is 94.3 Å². The van der Waals surface area contributed by atoms with Gasteiger partial charge in [-0.3, -0.25) is 15.3 Å². The van der Waals surface area contributed by atoms with Gasteiger partial charge in [0.05, 0.1) is 34.5 Å². The van der Waals surface area contributed by atoms with Crippen molar-refractivity contribution in [1.82, 2.24) is 15.3 Å². The number of aliphatic hydroxyl groups is 1. The lowest BCUT2D eigenvalue weighted by molar-refractivity contribution is -0.306. The Kier molecular flexibility index (Phi) is 9.29. The van der Waals surface area contributed by atoms with E-state index in [1.807, 2.05) is 0 Å². The van der Waals surface area contributed by atoms with Crippen molar-refractivity contribution in [2.24, 2.45) is 0 Å². The van der Waals surface area contributed by atoms with E-state index in [2.05, 4.69) is 20.0 Å². The predicted molar refractivity (Wildman–Crippen MR) is 120 cm³/mol. The van der Waals surface area contributed by atoms with Crippen LogP contribution in [0, 0.1) is 5.82 Å². The third-order valence-electron chi connectivity index (χ3n) is 5.42. The molecule has 5 nitrogen and oxygen atoms in total. The maximum atomic E-state index is 14.5. The lowest BCUT2D eigenvalue weighted by Gasteiger charge is -2.36. The Balaban J connectivity index is 2.11. The van der Waals surface area contributed by atoms with Gasteiger partial charge >= 0.3 is 18.7 Å². The standard InChI is InChI=1S/C24H20ClF8N3O2/c25-16-4-5-20(35-11-16)22(10-18-3-1-2-6-34-18,14-7-15(23(29,30)31)9-17(26)8-14)36-12-19(37)13-38-24(32,33)21(27)28/h1-9,11,19,21,36-37H,10,12-13H2/t19?,22-/m0/s1. The molecular weight excluding hydrogens is 550 g/mol. The van der Waals surface area contributed by atoms with Crippen LogP contribution in [0.15, 0.2) is 60.9 Å². The lowest BCUT2D eigenvalue weighted by atomic mass is 9.80. The van der Waals surface area contributed by atoms with Crippen LogP contribution in [-0.4, -0.2) is 46.9 Å². The molecule has 2 N–H and O–H groups in total. The first-order valence-corrected chi connectivity index (χ1v) is 11.2. The molecule has 2 atom stereocenters. The zero-order valence-corrected chi connectivity index (χ0v) is 20.0. The van der Waals surface area contributed by atoms with Gasteiger partial charge in [0.25, 0.3) is 0 Å². The van der Waals surface area contributed by atoms with Gasteiger partial charge in [0, 0.05) is 31.1 Å². The summed E-state index contributed by atoms with van der Waals surface area (Å²) in [6.45, 7) is -1.93. The number of halogens is 9. The summed E-state index contributed by atoms with van der Waals surface area (Å²) in [6, 6.07) is 9.17. The van der Waals surface area contributed by atoms with Crippen LogP contribution in [0.2, 0.25) is 5.02 Å². The average molecular weight is 570 g/mol. The van der Waals surface area contributed by atoms with Crippen molar-refractivity contribution in [1.29, 1.82) is 0 Å². The highest BCUT2D eigenvalue weighted by Gasteiger charge is 2.43. The number of hydrogen-bond acceptors (Lipinski definition) is 5. The molecule has 0 fully saturated rings. The van der Waals surface area contributed by atoms with E-state index in [1.54, 1.807) is 12.1 Å². The molecule has 2 heterocycles. The minimum atomic E-state index is -4.94. The molecule has 0 saturated carbocycles. The topological polar surface area (TPSA) is 67.3 Å². The third-order valence-corrected chi connectivity index (χ3v) is 5.64. The Labute approximate surface area is 216 Å². The molecule has 0 aliphatic rings. The Morgan fingerprint density at radius 1 is 0.974 bits per heavy atom. The van der Waals surface area contributed by atoms with E-state index >= 15 is 0 Å². The molecule has 0 aliphatic carbocycles. The van der Waals surface area contributed by atoms with Gasteiger partial charge in [0.2, 0.25) is 0 Å². The second-order valence-corrected chi connectivity index (χ2v) is 8.64. The van der Waals surface area contributed by atoms with Crippen LogP contribution in [-0.2, 0) is 22.9 Å². The van der Waals surface area contributed by atoms with Crippen molar-refractivity contribution in [2.75, 3.05) is 13.2 Å². The molecule has 38 heavy (non-hydrogen) atoms. The Morgan fingerprint density at radius 2 is 1.68 bits per heavy atom. The van der Waals surface area contributed by atoms with E-state index in [4.69, 9.17) is 11.6 Å².